The van der Waals surface area contributed by atoms with Gasteiger partial charge < -0.3 is 10.0 Å². The summed E-state index contributed by atoms with van der Waals surface area (Å²) in [4.78, 5) is 13.7. The molecule has 3 rings (SSSR count). The minimum atomic E-state index is -0.662. The third kappa shape index (κ3) is 1.65. The van der Waals surface area contributed by atoms with E-state index in [0.717, 1.165) is 37.9 Å². The maximum absolute atomic E-state index is 11.4. The smallest absolute Gasteiger partial charge is 0.314 e. The van der Waals surface area contributed by atoms with Crippen LogP contribution < -0.4 is 0 Å². The zero-order chi connectivity index (χ0) is 12.8. The number of nitrogens with zero attached hydrogens (tertiary/aromatic N) is 1. The molecule has 0 amide bonds. The van der Waals surface area contributed by atoms with Gasteiger partial charge in [-0.1, -0.05) is 30.7 Å². The minimum absolute atomic E-state index is 0.588. The lowest BCUT2D eigenvalue weighted by molar-refractivity contribution is -0.147. The molecule has 1 saturated heterocycles. The SMILES string of the molecule is CN1CC(c2ccc(C3(C(=O)O)CCC3)cc2)C1. The maximum Gasteiger partial charge on any atom is 0.314 e. The fraction of sp³-hybridized carbons (Fsp3) is 0.533. The number of hydrogen-bond acceptors (Lipinski definition) is 2. The number of hydrogen-bond donors (Lipinski definition) is 1. The molecule has 0 atom stereocenters. The molecule has 0 unspecified atom stereocenters. The maximum atomic E-state index is 11.4. The van der Waals surface area contributed by atoms with Crippen LogP contribution in [0.4, 0.5) is 0 Å². The van der Waals surface area contributed by atoms with E-state index in [2.05, 4.69) is 24.1 Å². The predicted molar refractivity (Wildman–Crippen MR) is 69.8 cm³/mol. The Morgan fingerprint density at radius 2 is 1.89 bits per heavy atom. The van der Waals surface area contributed by atoms with Crippen LogP contribution in [0.1, 0.15) is 36.3 Å². The normalized spacial score (nSPS) is 23.2. The van der Waals surface area contributed by atoms with Crippen molar-refractivity contribution in [1.82, 2.24) is 4.90 Å². The second-order valence-electron chi connectivity index (χ2n) is 5.78. The molecule has 0 spiro atoms. The van der Waals surface area contributed by atoms with Gasteiger partial charge in [-0.2, -0.15) is 0 Å². The van der Waals surface area contributed by atoms with E-state index in [9.17, 15) is 9.90 Å². The molecule has 3 nitrogen and oxygen atoms in total. The van der Waals surface area contributed by atoms with Crippen molar-refractivity contribution in [3.63, 3.8) is 0 Å². The van der Waals surface area contributed by atoms with Crippen LogP contribution in [0.2, 0.25) is 0 Å². The van der Waals surface area contributed by atoms with E-state index >= 15 is 0 Å². The van der Waals surface area contributed by atoms with Crippen molar-refractivity contribution in [3.8, 4) is 0 Å². The topological polar surface area (TPSA) is 40.5 Å². The molecular weight excluding hydrogens is 226 g/mol. The van der Waals surface area contributed by atoms with Crippen molar-refractivity contribution in [2.24, 2.45) is 0 Å². The molecular formula is C15H19NO2. The summed E-state index contributed by atoms with van der Waals surface area (Å²) in [5.41, 5.74) is 1.74. The van der Waals surface area contributed by atoms with Gasteiger partial charge in [0, 0.05) is 19.0 Å². The predicted octanol–water partition coefficient (Wildman–Crippen LogP) is 2.22. The monoisotopic (exact) mass is 245 g/mol. The third-order valence-electron chi connectivity index (χ3n) is 4.62. The summed E-state index contributed by atoms with van der Waals surface area (Å²) in [6.45, 7) is 2.23. The fourth-order valence-corrected chi connectivity index (χ4v) is 3.14. The van der Waals surface area contributed by atoms with Crippen LogP contribution in [-0.2, 0) is 10.2 Å². The highest BCUT2D eigenvalue weighted by Gasteiger charge is 2.45. The molecule has 1 aliphatic heterocycles. The van der Waals surface area contributed by atoms with Gasteiger partial charge in [0.05, 0.1) is 5.41 Å². The summed E-state index contributed by atoms with van der Waals surface area (Å²) < 4.78 is 0. The Labute approximate surface area is 107 Å². The zero-order valence-electron chi connectivity index (χ0n) is 10.7. The average molecular weight is 245 g/mol. The van der Waals surface area contributed by atoms with E-state index in [1.54, 1.807) is 0 Å². The zero-order valence-corrected chi connectivity index (χ0v) is 10.7. The molecule has 18 heavy (non-hydrogen) atoms. The van der Waals surface area contributed by atoms with Gasteiger partial charge in [-0.25, -0.2) is 0 Å². The minimum Gasteiger partial charge on any atom is -0.481 e. The summed E-state index contributed by atoms with van der Waals surface area (Å²) in [6.07, 6.45) is 2.60. The Morgan fingerprint density at radius 1 is 1.28 bits per heavy atom. The van der Waals surface area contributed by atoms with E-state index in [4.69, 9.17) is 0 Å². The third-order valence-corrected chi connectivity index (χ3v) is 4.62. The van der Waals surface area contributed by atoms with Crippen LogP contribution in [0.15, 0.2) is 24.3 Å². The molecule has 1 heterocycles. The van der Waals surface area contributed by atoms with Gasteiger partial charge in [-0.15, -0.1) is 0 Å². The first kappa shape index (κ1) is 11.7. The van der Waals surface area contributed by atoms with Gasteiger partial charge in [0.25, 0.3) is 0 Å². The van der Waals surface area contributed by atoms with E-state index in [1.165, 1.54) is 5.56 Å². The van der Waals surface area contributed by atoms with Crippen LogP contribution in [0.3, 0.4) is 0 Å². The number of aliphatic carboxylic acids is 1. The lowest BCUT2D eigenvalue weighted by atomic mass is 9.64. The Morgan fingerprint density at radius 3 is 2.28 bits per heavy atom. The molecule has 3 heteroatoms. The van der Waals surface area contributed by atoms with Crippen molar-refractivity contribution >= 4 is 5.97 Å². The standard InChI is InChI=1S/C15H19NO2/c1-16-9-12(10-16)11-3-5-13(6-4-11)15(14(17)18)7-2-8-15/h3-6,12H,2,7-10H2,1H3,(H,17,18). The highest BCUT2D eigenvalue weighted by atomic mass is 16.4. The second-order valence-corrected chi connectivity index (χ2v) is 5.78. The van der Waals surface area contributed by atoms with Crippen molar-refractivity contribution in [2.45, 2.75) is 30.6 Å². The van der Waals surface area contributed by atoms with Crippen molar-refractivity contribution in [3.05, 3.63) is 35.4 Å². The number of likely N-dealkylation sites (N-methyl/N-ethyl adjacent to an activating group) is 1. The van der Waals surface area contributed by atoms with Gasteiger partial charge >= 0.3 is 5.97 Å². The van der Waals surface area contributed by atoms with E-state index in [-0.39, 0.29) is 0 Å². The van der Waals surface area contributed by atoms with E-state index < -0.39 is 11.4 Å². The molecule has 1 aliphatic carbocycles. The molecule has 96 valence electrons. The van der Waals surface area contributed by atoms with Crippen LogP contribution in [0.5, 0.6) is 0 Å². The quantitative estimate of drug-likeness (QED) is 0.887. The lowest BCUT2D eigenvalue weighted by Crippen LogP contribution is -2.43. The number of benzene rings is 1. The van der Waals surface area contributed by atoms with Crippen molar-refractivity contribution < 1.29 is 9.90 Å². The van der Waals surface area contributed by atoms with Crippen molar-refractivity contribution in [2.75, 3.05) is 20.1 Å². The van der Waals surface area contributed by atoms with Crippen molar-refractivity contribution in [1.29, 1.82) is 0 Å². The summed E-state index contributed by atoms with van der Waals surface area (Å²) in [5, 5.41) is 9.40. The first-order valence-corrected chi connectivity index (χ1v) is 6.64. The number of carbonyl (C=O) groups is 1. The van der Waals surface area contributed by atoms with Gasteiger partial charge in [-0.3, -0.25) is 4.79 Å². The molecule has 0 aromatic heterocycles. The van der Waals surface area contributed by atoms with Gasteiger partial charge in [-0.05, 0) is 31.0 Å². The summed E-state index contributed by atoms with van der Waals surface area (Å²) in [5.74, 6) is -0.0314. The first-order chi connectivity index (χ1) is 8.62. The molecule has 1 saturated carbocycles. The van der Waals surface area contributed by atoms with E-state index in [0.29, 0.717) is 5.92 Å². The number of likely N-dealkylation sites (tertiary alicyclic amines) is 1. The molecule has 0 bridgehead atoms. The fourth-order valence-electron chi connectivity index (χ4n) is 3.14. The first-order valence-electron chi connectivity index (χ1n) is 6.64. The largest absolute Gasteiger partial charge is 0.481 e. The number of rotatable bonds is 3. The molecule has 2 aliphatic rings. The highest BCUT2D eigenvalue weighted by Crippen LogP contribution is 2.44. The molecule has 0 radical (unpaired) electrons. The molecule has 1 N–H and O–H groups in total. The Kier molecular flexibility index (Phi) is 2.67. The number of carboxylic acid groups (broad SMARTS) is 1. The highest BCUT2D eigenvalue weighted by molar-refractivity contribution is 5.82. The van der Waals surface area contributed by atoms with Crippen LogP contribution in [0, 0.1) is 0 Å². The van der Waals surface area contributed by atoms with Crippen LogP contribution in [0.25, 0.3) is 0 Å². The Balaban J connectivity index is 1.80. The molecule has 1 aromatic carbocycles. The Hall–Kier alpha value is -1.35. The van der Waals surface area contributed by atoms with Gasteiger partial charge in [0.15, 0.2) is 0 Å². The summed E-state index contributed by atoms with van der Waals surface area (Å²) >= 11 is 0. The van der Waals surface area contributed by atoms with Gasteiger partial charge in [0.1, 0.15) is 0 Å². The summed E-state index contributed by atoms with van der Waals surface area (Å²) in [6, 6.07) is 8.30. The molecule has 2 fully saturated rings. The lowest BCUT2D eigenvalue weighted by Gasteiger charge is -2.39. The number of carboxylic acids is 1. The Bertz CT molecular complexity index is 456. The van der Waals surface area contributed by atoms with Crippen LogP contribution >= 0.6 is 0 Å². The van der Waals surface area contributed by atoms with Crippen LogP contribution in [-0.4, -0.2) is 36.1 Å². The average Bonchev–Trinajstić information content (AvgIpc) is 2.24. The second kappa shape index (κ2) is 4.09. The summed E-state index contributed by atoms with van der Waals surface area (Å²) in [7, 11) is 2.12. The molecule has 1 aromatic rings. The van der Waals surface area contributed by atoms with Gasteiger partial charge in [0.2, 0.25) is 0 Å². The van der Waals surface area contributed by atoms with E-state index in [1.807, 2.05) is 12.1 Å².